The normalized spacial score (nSPS) is 11.1. The molecule has 0 amide bonds. The molecule has 0 saturated carbocycles. The van der Waals surface area contributed by atoms with E-state index in [0.29, 0.717) is 0 Å². The van der Waals surface area contributed by atoms with Gasteiger partial charge in [-0.25, -0.2) is 9.97 Å². The average molecular weight is 268 g/mol. The van der Waals surface area contributed by atoms with E-state index in [0.717, 1.165) is 49.2 Å². The maximum Gasteiger partial charge on any atom is 0.187 e. The zero-order chi connectivity index (χ0) is 13.2. The van der Waals surface area contributed by atoms with Crippen LogP contribution in [0.2, 0.25) is 0 Å². The van der Waals surface area contributed by atoms with Crippen LogP contribution >= 0.6 is 11.8 Å². The molecule has 0 aliphatic rings. The van der Waals surface area contributed by atoms with Crippen LogP contribution in [-0.2, 0) is 6.54 Å². The highest BCUT2D eigenvalue weighted by molar-refractivity contribution is 7.99. The Hall–Kier alpha value is -0.650. The number of thioether (sulfide) groups is 1. The van der Waals surface area contributed by atoms with Gasteiger partial charge in [0.05, 0.1) is 0 Å². The minimum absolute atomic E-state index is 0.848. The highest BCUT2D eigenvalue weighted by Gasteiger charge is 2.02. The van der Waals surface area contributed by atoms with Crippen LogP contribution < -0.4 is 5.32 Å². The summed E-state index contributed by atoms with van der Waals surface area (Å²) in [6.45, 7) is 11.6. The molecule has 1 aromatic heterocycles. The Morgan fingerprint density at radius 1 is 1.17 bits per heavy atom. The third-order valence-electron chi connectivity index (χ3n) is 2.79. The zero-order valence-corrected chi connectivity index (χ0v) is 12.5. The third-order valence-corrected chi connectivity index (χ3v) is 3.65. The number of hydrogen-bond donors (Lipinski definition) is 1. The standard InChI is InChI=1S/C13H24N4S/c1-4-14-9-12-10-15-13(16-11-12)18-8-7-17(5-2)6-3/h10-11,14H,4-9H2,1-3H3. The van der Waals surface area contributed by atoms with Crippen LogP contribution in [0.4, 0.5) is 0 Å². The zero-order valence-electron chi connectivity index (χ0n) is 11.6. The number of nitrogens with one attached hydrogen (secondary N) is 1. The minimum atomic E-state index is 0.848. The first kappa shape index (κ1) is 15.4. The van der Waals surface area contributed by atoms with Crippen molar-refractivity contribution in [2.45, 2.75) is 32.5 Å². The summed E-state index contributed by atoms with van der Waals surface area (Å²) in [4.78, 5) is 11.2. The van der Waals surface area contributed by atoms with Gasteiger partial charge >= 0.3 is 0 Å². The predicted octanol–water partition coefficient (Wildman–Crippen LogP) is 2.02. The van der Waals surface area contributed by atoms with E-state index in [1.54, 1.807) is 11.8 Å². The second-order valence-electron chi connectivity index (χ2n) is 4.03. The molecule has 4 nitrogen and oxygen atoms in total. The van der Waals surface area contributed by atoms with Crippen molar-refractivity contribution in [3.63, 3.8) is 0 Å². The Balaban J connectivity index is 2.30. The van der Waals surface area contributed by atoms with Gasteiger partial charge in [-0.3, -0.25) is 0 Å². The Labute approximate surface area is 115 Å². The maximum atomic E-state index is 4.37. The van der Waals surface area contributed by atoms with Gasteiger partial charge in [-0.2, -0.15) is 0 Å². The summed E-state index contributed by atoms with van der Waals surface area (Å²) in [5.41, 5.74) is 1.14. The van der Waals surface area contributed by atoms with Gasteiger partial charge < -0.3 is 10.2 Å². The van der Waals surface area contributed by atoms with Gasteiger partial charge in [0.25, 0.3) is 0 Å². The van der Waals surface area contributed by atoms with Crippen molar-refractivity contribution in [2.75, 3.05) is 31.9 Å². The number of nitrogens with zero attached hydrogens (tertiary/aromatic N) is 3. The fourth-order valence-corrected chi connectivity index (χ4v) is 2.37. The SMILES string of the molecule is CCNCc1cnc(SCCN(CC)CC)nc1. The molecular weight excluding hydrogens is 244 g/mol. The lowest BCUT2D eigenvalue weighted by atomic mass is 10.3. The summed E-state index contributed by atoms with van der Waals surface area (Å²) in [6.07, 6.45) is 3.82. The van der Waals surface area contributed by atoms with Crippen LogP contribution in [-0.4, -0.2) is 46.8 Å². The highest BCUT2D eigenvalue weighted by Crippen LogP contribution is 2.12. The Bertz CT molecular complexity index is 311. The Kier molecular flexibility index (Phi) is 7.96. The first-order valence-corrected chi connectivity index (χ1v) is 7.65. The van der Waals surface area contributed by atoms with Gasteiger partial charge in [0.2, 0.25) is 0 Å². The summed E-state index contributed by atoms with van der Waals surface area (Å²) in [5.74, 6) is 1.05. The van der Waals surface area contributed by atoms with Crippen LogP contribution in [0.25, 0.3) is 0 Å². The number of hydrogen-bond acceptors (Lipinski definition) is 5. The van der Waals surface area contributed by atoms with E-state index in [1.165, 1.54) is 0 Å². The topological polar surface area (TPSA) is 41.1 Å². The second kappa shape index (κ2) is 9.30. The molecule has 1 rings (SSSR count). The van der Waals surface area contributed by atoms with Crippen molar-refractivity contribution >= 4 is 11.8 Å². The predicted molar refractivity (Wildman–Crippen MR) is 77.9 cm³/mol. The number of aromatic nitrogens is 2. The van der Waals surface area contributed by atoms with E-state index in [9.17, 15) is 0 Å². The molecule has 102 valence electrons. The van der Waals surface area contributed by atoms with Crippen LogP contribution in [0, 0.1) is 0 Å². The van der Waals surface area contributed by atoms with Crippen molar-refractivity contribution in [1.29, 1.82) is 0 Å². The van der Waals surface area contributed by atoms with Gasteiger partial charge in [0.15, 0.2) is 5.16 Å². The fourth-order valence-electron chi connectivity index (χ4n) is 1.58. The van der Waals surface area contributed by atoms with Gasteiger partial charge in [-0.1, -0.05) is 32.5 Å². The molecule has 0 aliphatic heterocycles. The first-order valence-electron chi connectivity index (χ1n) is 6.66. The highest BCUT2D eigenvalue weighted by atomic mass is 32.2. The van der Waals surface area contributed by atoms with E-state index in [-0.39, 0.29) is 0 Å². The lowest BCUT2D eigenvalue weighted by Gasteiger charge is -2.16. The Morgan fingerprint density at radius 2 is 1.83 bits per heavy atom. The quantitative estimate of drug-likeness (QED) is 0.548. The molecule has 0 radical (unpaired) electrons. The molecule has 0 aromatic carbocycles. The molecule has 0 bridgehead atoms. The van der Waals surface area contributed by atoms with Gasteiger partial charge in [0, 0.05) is 36.8 Å². The molecule has 0 saturated heterocycles. The van der Waals surface area contributed by atoms with E-state index >= 15 is 0 Å². The molecule has 1 aromatic rings. The van der Waals surface area contributed by atoms with Gasteiger partial charge in [-0.05, 0) is 19.6 Å². The third kappa shape index (κ3) is 5.80. The fraction of sp³-hybridized carbons (Fsp3) is 0.692. The number of rotatable bonds is 9. The van der Waals surface area contributed by atoms with E-state index in [1.807, 2.05) is 12.4 Å². The average Bonchev–Trinajstić information content (AvgIpc) is 2.42. The smallest absolute Gasteiger partial charge is 0.187 e. The van der Waals surface area contributed by atoms with E-state index < -0.39 is 0 Å². The maximum absolute atomic E-state index is 4.37. The van der Waals surface area contributed by atoms with Crippen LogP contribution in [0.1, 0.15) is 26.3 Å². The minimum Gasteiger partial charge on any atom is -0.313 e. The van der Waals surface area contributed by atoms with E-state index in [4.69, 9.17) is 0 Å². The van der Waals surface area contributed by atoms with Crippen molar-refractivity contribution in [2.24, 2.45) is 0 Å². The van der Waals surface area contributed by atoms with Crippen molar-refractivity contribution in [1.82, 2.24) is 20.2 Å². The molecule has 18 heavy (non-hydrogen) atoms. The summed E-state index contributed by atoms with van der Waals surface area (Å²) >= 11 is 1.73. The second-order valence-corrected chi connectivity index (χ2v) is 5.09. The van der Waals surface area contributed by atoms with Crippen LogP contribution in [0.3, 0.4) is 0 Å². The monoisotopic (exact) mass is 268 g/mol. The van der Waals surface area contributed by atoms with Gasteiger partial charge in [0.1, 0.15) is 0 Å². The van der Waals surface area contributed by atoms with Crippen LogP contribution in [0.5, 0.6) is 0 Å². The first-order chi connectivity index (χ1) is 8.80. The summed E-state index contributed by atoms with van der Waals surface area (Å²) in [7, 11) is 0. The Morgan fingerprint density at radius 3 is 2.39 bits per heavy atom. The van der Waals surface area contributed by atoms with Crippen molar-refractivity contribution in [3.05, 3.63) is 18.0 Å². The van der Waals surface area contributed by atoms with Crippen molar-refractivity contribution < 1.29 is 0 Å². The molecule has 0 fully saturated rings. The molecule has 0 unspecified atom stereocenters. The lowest BCUT2D eigenvalue weighted by Crippen LogP contribution is -2.25. The molecule has 0 spiro atoms. The summed E-state index contributed by atoms with van der Waals surface area (Å²) in [5, 5.41) is 4.14. The molecule has 0 aliphatic carbocycles. The summed E-state index contributed by atoms with van der Waals surface area (Å²) < 4.78 is 0. The molecule has 1 heterocycles. The van der Waals surface area contributed by atoms with E-state index in [2.05, 4.69) is 41.0 Å². The van der Waals surface area contributed by atoms with Crippen LogP contribution in [0.15, 0.2) is 17.6 Å². The molecular formula is C13H24N4S. The largest absolute Gasteiger partial charge is 0.313 e. The molecule has 1 N–H and O–H groups in total. The van der Waals surface area contributed by atoms with Gasteiger partial charge in [-0.15, -0.1) is 0 Å². The summed E-state index contributed by atoms with van der Waals surface area (Å²) in [6, 6.07) is 0. The molecule has 5 heteroatoms. The lowest BCUT2D eigenvalue weighted by molar-refractivity contribution is 0.324. The van der Waals surface area contributed by atoms with Crippen molar-refractivity contribution in [3.8, 4) is 0 Å². The molecule has 0 atom stereocenters.